The van der Waals surface area contributed by atoms with Crippen molar-refractivity contribution >= 4 is 11.9 Å². The Morgan fingerprint density at radius 2 is 2.20 bits per heavy atom. The topological polar surface area (TPSA) is 75.9 Å². The maximum atomic E-state index is 11.8. The maximum absolute atomic E-state index is 11.8. The molecule has 0 bridgehead atoms. The molecule has 2 rings (SSSR count). The Labute approximate surface area is 117 Å². The van der Waals surface area contributed by atoms with Crippen LogP contribution in [0, 0.1) is 6.92 Å². The van der Waals surface area contributed by atoms with E-state index in [1.54, 1.807) is 37.2 Å². The summed E-state index contributed by atoms with van der Waals surface area (Å²) in [6.07, 6.45) is 3.46. The fourth-order valence-corrected chi connectivity index (χ4v) is 1.69. The van der Waals surface area contributed by atoms with Crippen LogP contribution in [-0.4, -0.2) is 51.2 Å². The molecule has 0 aliphatic heterocycles. The first kappa shape index (κ1) is 14.0. The number of amides is 1. The first-order valence-electron chi connectivity index (χ1n) is 6.38. The Morgan fingerprint density at radius 1 is 1.45 bits per heavy atom. The third-order valence-electron chi connectivity index (χ3n) is 2.71. The number of aromatic nitrogens is 4. The average molecular weight is 274 g/mol. The number of anilines is 1. The van der Waals surface area contributed by atoms with Crippen molar-refractivity contribution in [3.63, 3.8) is 0 Å². The molecule has 0 unspecified atom stereocenters. The molecule has 0 saturated carbocycles. The van der Waals surface area contributed by atoms with Crippen LogP contribution in [0.4, 0.5) is 5.95 Å². The summed E-state index contributed by atoms with van der Waals surface area (Å²) in [4.78, 5) is 21.9. The number of rotatable bonds is 4. The smallest absolute Gasteiger partial charge is 0.273 e. The number of carbonyl (C=O) groups excluding carboxylic acids is 1. The van der Waals surface area contributed by atoms with E-state index in [1.807, 2.05) is 13.8 Å². The van der Waals surface area contributed by atoms with Crippen LogP contribution in [0.25, 0.3) is 5.82 Å². The summed E-state index contributed by atoms with van der Waals surface area (Å²) < 4.78 is 1.59. The molecular weight excluding hydrogens is 256 g/mol. The second kappa shape index (κ2) is 5.68. The average Bonchev–Trinajstić information content (AvgIpc) is 2.89. The van der Waals surface area contributed by atoms with E-state index in [4.69, 9.17) is 0 Å². The summed E-state index contributed by atoms with van der Waals surface area (Å²) in [6, 6.07) is 1.68. The SMILES string of the molecule is CCNc1ncc(C)c(-n2ccc(C(=O)N(C)C)n2)n1. The largest absolute Gasteiger partial charge is 0.354 e. The molecule has 106 valence electrons. The third kappa shape index (κ3) is 2.76. The molecule has 7 nitrogen and oxygen atoms in total. The molecule has 20 heavy (non-hydrogen) atoms. The quantitative estimate of drug-likeness (QED) is 0.903. The molecule has 7 heteroatoms. The molecule has 0 fully saturated rings. The van der Waals surface area contributed by atoms with Gasteiger partial charge in [-0.15, -0.1) is 0 Å². The van der Waals surface area contributed by atoms with Crippen molar-refractivity contribution in [1.29, 1.82) is 0 Å². The van der Waals surface area contributed by atoms with Crippen LogP contribution in [0.15, 0.2) is 18.5 Å². The van der Waals surface area contributed by atoms with Crippen LogP contribution in [0.2, 0.25) is 0 Å². The molecule has 0 saturated heterocycles. The Morgan fingerprint density at radius 3 is 2.85 bits per heavy atom. The van der Waals surface area contributed by atoms with Gasteiger partial charge in [-0.05, 0) is 19.9 Å². The lowest BCUT2D eigenvalue weighted by atomic mass is 10.3. The van der Waals surface area contributed by atoms with E-state index >= 15 is 0 Å². The molecule has 1 N–H and O–H groups in total. The number of nitrogens with one attached hydrogen (secondary N) is 1. The van der Waals surface area contributed by atoms with Crippen molar-refractivity contribution in [3.8, 4) is 5.82 Å². The minimum Gasteiger partial charge on any atom is -0.354 e. The van der Waals surface area contributed by atoms with Crippen molar-refractivity contribution < 1.29 is 4.79 Å². The zero-order valence-corrected chi connectivity index (χ0v) is 12.1. The summed E-state index contributed by atoms with van der Waals surface area (Å²) >= 11 is 0. The van der Waals surface area contributed by atoms with Crippen molar-refractivity contribution in [3.05, 3.63) is 29.7 Å². The zero-order chi connectivity index (χ0) is 14.7. The fourth-order valence-electron chi connectivity index (χ4n) is 1.69. The highest BCUT2D eigenvalue weighted by Crippen LogP contribution is 2.12. The van der Waals surface area contributed by atoms with Gasteiger partial charge in [0, 0.05) is 38.6 Å². The standard InChI is InChI=1S/C13H18N6O/c1-5-14-13-15-8-9(2)11(16-13)19-7-6-10(17-19)12(20)18(3)4/h6-8H,5H2,1-4H3,(H,14,15,16). The van der Waals surface area contributed by atoms with Gasteiger partial charge in [0.25, 0.3) is 5.91 Å². The fraction of sp³-hybridized carbons (Fsp3) is 0.385. The van der Waals surface area contributed by atoms with Gasteiger partial charge < -0.3 is 10.2 Å². The van der Waals surface area contributed by atoms with Crippen LogP contribution >= 0.6 is 0 Å². The molecule has 0 radical (unpaired) electrons. The Balaban J connectivity index is 2.36. The van der Waals surface area contributed by atoms with Gasteiger partial charge in [-0.3, -0.25) is 4.79 Å². The molecule has 0 atom stereocenters. The third-order valence-corrected chi connectivity index (χ3v) is 2.71. The summed E-state index contributed by atoms with van der Waals surface area (Å²) in [7, 11) is 3.39. The minimum absolute atomic E-state index is 0.137. The molecular formula is C13H18N6O. The van der Waals surface area contributed by atoms with Gasteiger partial charge >= 0.3 is 0 Å². The highest BCUT2D eigenvalue weighted by atomic mass is 16.2. The zero-order valence-electron chi connectivity index (χ0n) is 12.1. The number of carbonyl (C=O) groups is 1. The van der Waals surface area contributed by atoms with Crippen molar-refractivity contribution in [2.75, 3.05) is 26.0 Å². The van der Waals surface area contributed by atoms with Gasteiger partial charge in [0.05, 0.1) is 0 Å². The Bertz CT molecular complexity index is 619. The van der Waals surface area contributed by atoms with Gasteiger partial charge in [0.2, 0.25) is 5.95 Å². The van der Waals surface area contributed by atoms with Crippen LogP contribution in [0.1, 0.15) is 23.0 Å². The van der Waals surface area contributed by atoms with E-state index in [0.717, 1.165) is 12.1 Å². The van der Waals surface area contributed by atoms with Crippen molar-refractivity contribution in [1.82, 2.24) is 24.6 Å². The monoisotopic (exact) mass is 274 g/mol. The van der Waals surface area contributed by atoms with Gasteiger partial charge in [0.15, 0.2) is 11.5 Å². The molecule has 0 aliphatic carbocycles. The van der Waals surface area contributed by atoms with E-state index < -0.39 is 0 Å². The molecule has 2 aromatic rings. The molecule has 1 amide bonds. The second-order valence-electron chi connectivity index (χ2n) is 4.58. The predicted molar refractivity (Wildman–Crippen MR) is 76.1 cm³/mol. The van der Waals surface area contributed by atoms with Crippen molar-refractivity contribution in [2.24, 2.45) is 0 Å². The van der Waals surface area contributed by atoms with Gasteiger partial charge in [0.1, 0.15) is 0 Å². The normalized spacial score (nSPS) is 10.4. The minimum atomic E-state index is -0.137. The molecule has 0 spiro atoms. The maximum Gasteiger partial charge on any atom is 0.273 e. The van der Waals surface area contributed by atoms with Gasteiger partial charge in [-0.25, -0.2) is 9.67 Å². The van der Waals surface area contributed by atoms with Crippen LogP contribution in [0.3, 0.4) is 0 Å². The number of hydrogen-bond acceptors (Lipinski definition) is 5. The highest BCUT2D eigenvalue weighted by Gasteiger charge is 2.13. The summed E-state index contributed by atoms with van der Waals surface area (Å²) in [6.45, 7) is 4.62. The number of aryl methyl sites for hydroxylation is 1. The molecule has 0 aliphatic rings. The first-order valence-corrected chi connectivity index (χ1v) is 6.38. The van der Waals surface area contributed by atoms with Crippen LogP contribution < -0.4 is 5.32 Å². The summed E-state index contributed by atoms with van der Waals surface area (Å²) in [5.41, 5.74) is 1.27. The van der Waals surface area contributed by atoms with Crippen molar-refractivity contribution in [2.45, 2.75) is 13.8 Å². The van der Waals surface area contributed by atoms with E-state index in [2.05, 4.69) is 20.4 Å². The lowest BCUT2D eigenvalue weighted by molar-refractivity contribution is 0.0821. The van der Waals surface area contributed by atoms with E-state index in [9.17, 15) is 4.79 Å². The number of hydrogen-bond donors (Lipinski definition) is 1. The number of nitrogens with zero attached hydrogens (tertiary/aromatic N) is 5. The van der Waals surface area contributed by atoms with E-state index in [0.29, 0.717) is 17.5 Å². The van der Waals surface area contributed by atoms with Crippen LogP contribution in [0.5, 0.6) is 0 Å². The molecule has 0 aromatic carbocycles. The lowest BCUT2D eigenvalue weighted by Crippen LogP contribution is -2.22. The second-order valence-corrected chi connectivity index (χ2v) is 4.58. The predicted octanol–water partition coefficient (Wildman–Crippen LogP) is 1.10. The highest BCUT2D eigenvalue weighted by molar-refractivity contribution is 5.91. The molecule has 2 heterocycles. The van der Waals surface area contributed by atoms with Crippen LogP contribution in [-0.2, 0) is 0 Å². The van der Waals surface area contributed by atoms with Gasteiger partial charge in [-0.2, -0.15) is 10.1 Å². The Hall–Kier alpha value is -2.44. The van der Waals surface area contributed by atoms with Gasteiger partial charge in [-0.1, -0.05) is 0 Å². The van der Waals surface area contributed by atoms with E-state index in [1.165, 1.54) is 4.90 Å². The van der Waals surface area contributed by atoms with E-state index in [-0.39, 0.29) is 5.91 Å². The molecule has 2 aromatic heterocycles. The summed E-state index contributed by atoms with van der Waals surface area (Å²) in [5.74, 6) is 1.07. The summed E-state index contributed by atoms with van der Waals surface area (Å²) in [5, 5.41) is 7.33. The first-order chi connectivity index (χ1) is 9.52. The Kier molecular flexibility index (Phi) is 3.97. The lowest BCUT2D eigenvalue weighted by Gasteiger charge is -2.08.